The van der Waals surface area contributed by atoms with Crippen molar-refractivity contribution >= 4 is 0 Å². The van der Waals surface area contributed by atoms with E-state index in [0.29, 0.717) is 5.54 Å². The Morgan fingerprint density at radius 3 is 0.821 bits per heavy atom. The van der Waals surface area contributed by atoms with Gasteiger partial charge in [0.2, 0.25) is 0 Å². The lowest BCUT2D eigenvalue weighted by Gasteiger charge is -2.57. The van der Waals surface area contributed by atoms with Crippen molar-refractivity contribution in [2.45, 2.75) is 140 Å². The molecule has 0 heterocycles. The Balaban J connectivity index is 1.94. The summed E-state index contributed by atoms with van der Waals surface area (Å²) in [6, 6.07) is 0. The van der Waals surface area contributed by atoms with Crippen LogP contribution in [0.15, 0.2) is 0 Å². The number of hydrogen-bond donors (Lipinski definition) is 0. The quantitative estimate of drug-likeness (QED) is 0.436. The average Bonchev–Trinajstić information content (AvgIpc) is 2.85. The van der Waals surface area contributed by atoms with E-state index in [1.807, 2.05) is 0 Å². The number of hydrogen-bond acceptors (Lipinski definition) is 1. The van der Waals surface area contributed by atoms with E-state index in [2.05, 4.69) is 19.0 Å². The minimum absolute atomic E-state index is 0.492. The predicted molar refractivity (Wildman–Crippen MR) is 124 cm³/mol. The molecule has 0 amide bonds. The van der Waals surface area contributed by atoms with Crippen LogP contribution in [0.3, 0.4) is 0 Å². The van der Waals surface area contributed by atoms with Gasteiger partial charge in [0.1, 0.15) is 0 Å². The molecule has 3 aliphatic carbocycles. The molecule has 0 spiro atoms. The van der Waals surface area contributed by atoms with Gasteiger partial charge in [0.05, 0.1) is 0 Å². The molecule has 0 aromatic heterocycles. The van der Waals surface area contributed by atoms with Gasteiger partial charge in [0, 0.05) is 5.54 Å². The molecule has 0 aliphatic heterocycles. The number of nitrogens with zero attached hydrogens (tertiary/aromatic N) is 1. The van der Waals surface area contributed by atoms with Crippen LogP contribution < -0.4 is 0 Å². The Bertz CT molecular complexity index is 390. The lowest BCUT2D eigenvalue weighted by molar-refractivity contribution is -0.0590. The summed E-state index contributed by atoms with van der Waals surface area (Å²) in [5.74, 6) is 2.87. The normalized spacial score (nSPS) is 28.4. The maximum atomic E-state index is 2.83. The van der Waals surface area contributed by atoms with E-state index in [9.17, 15) is 0 Å². The van der Waals surface area contributed by atoms with E-state index in [1.165, 1.54) is 135 Å². The van der Waals surface area contributed by atoms with Crippen LogP contribution in [-0.2, 0) is 0 Å². The molecule has 0 aromatic carbocycles. The summed E-state index contributed by atoms with van der Waals surface area (Å²) < 4.78 is 0. The second kappa shape index (κ2) is 12.0. The zero-order valence-electron chi connectivity index (χ0n) is 19.5. The molecular weight excluding hydrogens is 338 g/mol. The van der Waals surface area contributed by atoms with Crippen molar-refractivity contribution < 1.29 is 0 Å². The molecule has 0 bridgehead atoms. The third kappa shape index (κ3) is 5.55. The van der Waals surface area contributed by atoms with Gasteiger partial charge in [-0.05, 0) is 70.4 Å². The van der Waals surface area contributed by atoms with Crippen LogP contribution in [0, 0.1) is 17.8 Å². The number of rotatable bonds is 4. The van der Waals surface area contributed by atoms with Gasteiger partial charge in [0.15, 0.2) is 0 Å². The molecule has 0 aromatic rings. The van der Waals surface area contributed by atoms with Gasteiger partial charge >= 0.3 is 0 Å². The van der Waals surface area contributed by atoms with Crippen molar-refractivity contribution in [1.82, 2.24) is 4.90 Å². The molecule has 28 heavy (non-hydrogen) atoms. The van der Waals surface area contributed by atoms with Crippen molar-refractivity contribution in [2.24, 2.45) is 17.8 Å². The third-order valence-electron chi connectivity index (χ3n) is 9.05. The fraction of sp³-hybridized carbons (Fsp3) is 1.00. The highest BCUT2D eigenvalue weighted by Gasteiger charge is 2.50. The molecule has 3 rings (SSSR count). The lowest BCUT2D eigenvalue weighted by atomic mass is 9.58. The smallest absolute Gasteiger partial charge is 0.0287 e. The molecule has 0 saturated heterocycles. The fourth-order valence-electron chi connectivity index (χ4n) is 7.85. The molecule has 1 nitrogen and oxygen atoms in total. The fourth-order valence-corrected chi connectivity index (χ4v) is 7.85. The highest BCUT2D eigenvalue weighted by molar-refractivity contribution is 5.04. The maximum Gasteiger partial charge on any atom is 0.0287 e. The highest BCUT2D eigenvalue weighted by Crippen LogP contribution is 2.51. The van der Waals surface area contributed by atoms with Crippen molar-refractivity contribution in [3.63, 3.8) is 0 Å². The molecule has 1 unspecified atom stereocenters. The first-order valence-electron chi connectivity index (χ1n) is 13.4. The average molecular weight is 390 g/mol. The summed E-state index contributed by atoms with van der Waals surface area (Å²) in [5, 5.41) is 0. The molecule has 0 N–H and O–H groups in total. The molecule has 0 radical (unpaired) electrons. The van der Waals surface area contributed by atoms with Gasteiger partial charge in [-0.2, -0.15) is 0 Å². The Morgan fingerprint density at radius 2 is 0.607 bits per heavy atom. The van der Waals surface area contributed by atoms with E-state index >= 15 is 0 Å². The van der Waals surface area contributed by atoms with Crippen LogP contribution in [0.25, 0.3) is 0 Å². The van der Waals surface area contributed by atoms with Gasteiger partial charge in [-0.25, -0.2) is 0 Å². The summed E-state index contributed by atoms with van der Waals surface area (Å²) in [6.07, 6.45) is 31.6. The Hall–Kier alpha value is -0.0400. The van der Waals surface area contributed by atoms with E-state index in [-0.39, 0.29) is 0 Å². The second-order valence-electron chi connectivity index (χ2n) is 10.9. The molecule has 1 heteroatoms. The summed E-state index contributed by atoms with van der Waals surface area (Å²) in [7, 11) is 4.99. The van der Waals surface area contributed by atoms with Crippen LogP contribution in [0.1, 0.15) is 135 Å². The monoisotopic (exact) mass is 389 g/mol. The highest BCUT2D eigenvalue weighted by atomic mass is 15.2. The molecule has 3 fully saturated rings. The summed E-state index contributed by atoms with van der Waals surface area (Å²) >= 11 is 0. The molecular formula is C27H51N. The van der Waals surface area contributed by atoms with Crippen molar-refractivity contribution in [2.75, 3.05) is 14.1 Å². The van der Waals surface area contributed by atoms with Crippen LogP contribution in [0.4, 0.5) is 0 Å². The third-order valence-corrected chi connectivity index (χ3v) is 9.05. The molecule has 1 atom stereocenters. The van der Waals surface area contributed by atoms with Crippen molar-refractivity contribution in [3.05, 3.63) is 0 Å². The van der Waals surface area contributed by atoms with Gasteiger partial charge < -0.3 is 4.90 Å². The van der Waals surface area contributed by atoms with Crippen molar-refractivity contribution in [1.29, 1.82) is 0 Å². The lowest BCUT2D eigenvalue weighted by Crippen LogP contribution is -2.61. The maximum absolute atomic E-state index is 2.83. The zero-order valence-corrected chi connectivity index (χ0v) is 19.5. The first-order valence-corrected chi connectivity index (χ1v) is 13.4. The molecule has 3 aliphatic rings. The minimum Gasteiger partial charge on any atom is -0.303 e. The zero-order chi connectivity index (χ0) is 19.7. The van der Waals surface area contributed by atoms with Gasteiger partial charge in [0.25, 0.3) is 0 Å². The topological polar surface area (TPSA) is 3.24 Å². The van der Waals surface area contributed by atoms with Gasteiger partial charge in [-0.15, -0.1) is 0 Å². The van der Waals surface area contributed by atoms with E-state index in [0.717, 1.165) is 17.8 Å². The van der Waals surface area contributed by atoms with Crippen LogP contribution in [0.2, 0.25) is 0 Å². The SMILES string of the molecule is CN(C)C(C1CCCCCCCC1)(C1CCCCCCC1)C1CCCCCC1. The second-order valence-corrected chi connectivity index (χ2v) is 10.9. The van der Waals surface area contributed by atoms with E-state index in [4.69, 9.17) is 0 Å². The first-order chi connectivity index (χ1) is 13.8. The van der Waals surface area contributed by atoms with E-state index < -0.39 is 0 Å². The molecule has 164 valence electrons. The van der Waals surface area contributed by atoms with Crippen LogP contribution in [0.5, 0.6) is 0 Å². The first kappa shape index (κ1) is 22.6. The van der Waals surface area contributed by atoms with E-state index in [1.54, 1.807) is 0 Å². The standard InChI is InChI=1S/C27H51N/c1-28(2)27(26-22-16-10-11-17-23-26,25-20-14-8-5-9-15-21-25)24-18-12-6-3-4-7-13-19-24/h24-26H,3-23H2,1-2H3. The summed E-state index contributed by atoms with van der Waals surface area (Å²) in [4.78, 5) is 2.83. The van der Waals surface area contributed by atoms with Gasteiger partial charge in [-0.1, -0.05) is 96.3 Å². The largest absolute Gasteiger partial charge is 0.303 e. The molecule has 3 saturated carbocycles. The Labute approximate surface area is 177 Å². The van der Waals surface area contributed by atoms with Crippen molar-refractivity contribution in [3.8, 4) is 0 Å². The minimum atomic E-state index is 0.492. The Kier molecular flexibility index (Phi) is 9.68. The summed E-state index contributed by atoms with van der Waals surface area (Å²) in [6.45, 7) is 0. The Morgan fingerprint density at radius 1 is 0.393 bits per heavy atom. The predicted octanol–water partition coefficient (Wildman–Crippen LogP) is 8.37. The summed E-state index contributed by atoms with van der Waals surface area (Å²) in [5.41, 5.74) is 0.492. The van der Waals surface area contributed by atoms with Crippen LogP contribution >= 0.6 is 0 Å². The van der Waals surface area contributed by atoms with Gasteiger partial charge in [-0.3, -0.25) is 0 Å². The van der Waals surface area contributed by atoms with Crippen LogP contribution in [-0.4, -0.2) is 24.5 Å².